The van der Waals surface area contributed by atoms with Crippen LogP contribution in [0.3, 0.4) is 0 Å². The van der Waals surface area contributed by atoms with E-state index < -0.39 is 15.8 Å². The van der Waals surface area contributed by atoms with Crippen LogP contribution in [0.1, 0.15) is 16.1 Å². The number of hydrogen-bond acceptors (Lipinski definition) is 6. The zero-order valence-corrected chi connectivity index (χ0v) is 11.7. The van der Waals surface area contributed by atoms with Gasteiger partial charge in [-0.2, -0.15) is 0 Å². The van der Waals surface area contributed by atoms with Crippen LogP contribution in [0.25, 0.3) is 0 Å². The first-order valence-electron chi connectivity index (χ1n) is 5.32. The first-order valence-corrected chi connectivity index (χ1v) is 7.85. The number of carbonyl (C=O) groups is 1. The molecule has 0 radical (unpaired) electrons. The topological polar surface area (TPSA) is 73.3 Å². The quantitative estimate of drug-likeness (QED) is 0.806. The van der Waals surface area contributed by atoms with Crippen LogP contribution < -0.4 is 0 Å². The van der Waals surface area contributed by atoms with Gasteiger partial charge in [0.15, 0.2) is 9.84 Å². The number of aromatic nitrogens is 1. The van der Waals surface area contributed by atoms with Crippen LogP contribution in [0.5, 0.6) is 0 Å². The summed E-state index contributed by atoms with van der Waals surface area (Å²) >= 11 is 1.17. The number of carbonyl (C=O) groups excluding carboxylic acids is 1. The Morgan fingerprint density at radius 3 is 2.68 bits per heavy atom. The number of hydrogen-bond donors (Lipinski definition) is 0. The van der Waals surface area contributed by atoms with Gasteiger partial charge >= 0.3 is 5.97 Å². The molecular formula is C12H11NO4S2. The molecule has 2 aromatic rings. The molecule has 0 aromatic carbocycles. The molecule has 0 spiro atoms. The molecule has 2 rings (SSSR count). The molecule has 0 unspecified atom stereocenters. The van der Waals surface area contributed by atoms with E-state index in [0.717, 1.165) is 0 Å². The monoisotopic (exact) mass is 297 g/mol. The average molecular weight is 297 g/mol. The highest BCUT2D eigenvalue weighted by Crippen LogP contribution is 2.20. The second-order valence-electron chi connectivity index (χ2n) is 3.72. The number of ether oxygens (including phenoxy) is 1. The summed E-state index contributed by atoms with van der Waals surface area (Å²) in [4.78, 5) is 15.2. The lowest BCUT2D eigenvalue weighted by molar-refractivity contribution is 0.0600. The summed E-state index contributed by atoms with van der Waals surface area (Å²) < 4.78 is 28.9. The Morgan fingerprint density at radius 2 is 2.16 bits per heavy atom. The summed E-state index contributed by atoms with van der Waals surface area (Å²) in [5.41, 5.74) is 0.681. The SMILES string of the molecule is COC(=O)c1ccc(CS(=O)(=O)c2cccs2)nc1. The van der Waals surface area contributed by atoms with Crippen molar-refractivity contribution in [3.8, 4) is 0 Å². The molecule has 19 heavy (non-hydrogen) atoms. The standard InChI is InChI=1S/C12H11NO4S2/c1-17-12(14)9-4-5-10(13-7-9)8-19(15,16)11-3-2-6-18-11/h2-7H,8H2,1H3. The van der Waals surface area contributed by atoms with Gasteiger partial charge < -0.3 is 4.74 Å². The second kappa shape index (κ2) is 5.50. The van der Waals surface area contributed by atoms with Crippen LogP contribution in [-0.2, 0) is 20.3 Å². The van der Waals surface area contributed by atoms with Crippen LogP contribution in [0.4, 0.5) is 0 Å². The van der Waals surface area contributed by atoms with Gasteiger partial charge in [0.2, 0.25) is 0 Å². The fraction of sp³-hybridized carbons (Fsp3) is 0.167. The van der Waals surface area contributed by atoms with E-state index >= 15 is 0 Å². The molecule has 7 heteroatoms. The summed E-state index contributed by atoms with van der Waals surface area (Å²) in [5, 5.41) is 1.71. The van der Waals surface area contributed by atoms with E-state index in [2.05, 4.69) is 9.72 Å². The third kappa shape index (κ3) is 3.18. The maximum atomic E-state index is 12.0. The molecule has 0 saturated heterocycles. The predicted molar refractivity (Wildman–Crippen MR) is 70.8 cm³/mol. The van der Waals surface area contributed by atoms with Crippen LogP contribution in [-0.4, -0.2) is 26.5 Å². The Kier molecular flexibility index (Phi) is 3.96. The molecule has 0 saturated carbocycles. The number of sulfone groups is 1. The van der Waals surface area contributed by atoms with Gasteiger partial charge in [-0.3, -0.25) is 4.98 Å². The number of esters is 1. The van der Waals surface area contributed by atoms with Crippen molar-refractivity contribution in [3.63, 3.8) is 0 Å². The van der Waals surface area contributed by atoms with Crippen molar-refractivity contribution in [1.82, 2.24) is 4.98 Å². The van der Waals surface area contributed by atoms with E-state index in [1.165, 1.54) is 36.8 Å². The Morgan fingerprint density at radius 1 is 1.37 bits per heavy atom. The van der Waals surface area contributed by atoms with Crippen molar-refractivity contribution >= 4 is 27.1 Å². The van der Waals surface area contributed by atoms with Crippen molar-refractivity contribution in [3.05, 3.63) is 47.1 Å². The van der Waals surface area contributed by atoms with Gasteiger partial charge in [0.25, 0.3) is 0 Å². The molecule has 2 heterocycles. The van der Waals surface area contributed by atoms with Gasteiger partial charge in [-0.25, -0.2) is 13.2 Å². The number of rotatable bonds is 4. The van der Waals surface area contributed by atoms with E-state index in [1.807, 2.05) is 0 Å². The molecular weight excluding hydrogens is 286 g/mol. The number of nitrogens with zero attached hydrogens (tertiary/aromatic N) is 1. The smallest absolute Gasteiger partial charge is 0.339 e. The zero-order valence-electron chi connectivity index (χ0n) is 10.1. The third-order valence-electron chi connectivity index (χ3n) is 2.39. The van der Waals surface area contributed by atoms with E-state index in [9.17, 15) is 13.2 Å². The molecule has 5 nitrogen and oxygen atoms in total. The Balaban J connectivity index is 2.19. The molecule has 0 aliphatic carbocycles. The maximum absolute atomic E-state index is 12.0. The minimum Gasteiger partial charge on any atom is -0.465 e. The fourth-order valence-electron chi connectivity index (χ4n) is 1.45. The van der Waals surface area contributed by atoms with Crippen LogP contribution >= 0.6 is 11.3 Å². The Labute approximate surface area is 114 Å². The summed E-state index contributed by atoms with van der Waals surface area (Å²) in [7, 11) is -2.09. The van der Waals surface area contributed by atoms with Gasteiger partial charge in [0.05, 0.1) is 24.1 Å². The Hall–Kier alpha value is -1.73. The van der Waals surface area contributed by atoms with E-state index in [0.29, 0.717) is 15.5 Å². The summed E-state index contributed by atoms with van der Waals surface area (Å²) in [6, 6.07) is 6.25. The zero-order chi connectivity index (χ0) is 13.9. The molecule has 2 aromatic heterocycles. The largest absolute Gasteiger partial charge is 0.465 e. The van der Waals surface area contributed by atoms with E-state index in [-0.39, 0.29) is 5.75 Å². The van der Waals surface area contributed by atoms with Crippen molar-refractivity contribution in [1.29, 1.82) is 0 Å². The van der Waals surface area contributed by atoms with Crippen molar-refractivity contribution < 1.29 is 17.9 Å². The lowest BCUT2D eigenvalue weighted by Crippen LogP contribution is -2.06. The first kappa shape index (κ1) is 13.7. The van der Waals surface area contributed by atoms with Crippen molar-refractivity contribution in [2.75, 3.05) is 7.11 Å². The van der Waals surface area contributed by atoms with Gasteiger partial charge in [-0.1, -0.05) is 6.07 Å². The van der Waals surface area contributed by atoms with Crippen molar-refractivity contribution in [2.24, 2.45) is 0 Å². The number of thiophene rings is 1. The van der Waals surface area contributed by atoms with Crippen LogP contribution in [0.2, 0.25) is 0 Å². The molecule has 0 bridgehead atoms. The molecule has 0 aliphatic rings. The van der Waals surface area contributed by atoms with Crippen LogP contribution in [0.15, 0.2) is 40.1 Å². The van der Waals surface area contributed by atoms with E-state index in [4.69, 9.17) is 0 Å². The van der Waals surface area contributed by atoms with Gasteiger partial charge in [-0.05, 0) is 23.6 Å². The van der Waals surface area contributed by atoms with E-state index in [1.54, 1.807) is 17.5 Å². The second-order valence-corrected chi connectivity index (χ2v) is 6.89. The van der Waals surface area contributed by atoms with Gasteiger partial charge in [0.1, 0.15) is 4.21 Å². The summed E-state index contributed by atoms with van der Waals surface area (Å²) in [6.45, 7) is 0. The number of pyridine rings is 1. The highest BCUT2D eigenvalue weighted by atomic mass is 32.2. The molecule has 0 amide bonds. The average Bonchev–Trinajstić information content (AvgIpc) is 2.93. The summed E-state index contributed by atoms with van der Waals surface area (Å²) in [6.07, 6.45) is 1.31. The highest BCUT2D eigenvalue weighted by molar-refractivity contribution is 7.92. The van der Waals surface area contributed by atoms with Gasteiger partial charge in [0, 0.05) is 6.20 Å². The molecule has 0 N–H and O–H groups in total. The third-order valence-corrected chi connectivity index (χ3v) is 5.52. The lowest BCUT2D eigenvalue weighted by atomic mass is 10.2. The normalized spacial score (nSPS) is 11.2. The highest BCUT2D eigenvalue weighted by Gasteiger charge is 2.17. The number of methoxy groups -OCH3 is 1. The van der Waals surface area contributed by atoms with Crippen molar-refractivity contribution in [2.45, 2.75) is 9.96 Å². The molecule has 0 atom stereocenters. The molecule has 0 fully saturated rings. The molecule has 100 valence electrons. The van der Waals surface area contributed by atoms with Gasteiger partial charge in [-0.15, -0.1) is 11.3 Å². The minimum absolute atomic E-state index is 0.186. The fourth-order valence-corrected chi connectivity index (χ4v) is 3.82. The lowest BCUT2D eigenvalue weighted by Gasteiger charge is -2.03. The predicted octanol–water partition coefficient (Wildman–Crippen LogP) is 1.90. The Bertz CT molecular complexity index is 660. The maximum Gasteiger partial charge on any atom is 0.339 e. The molecule has 0 aliphatic heterocycles. The first-order chi connectivity index (χ1) is 9.03. The minimum atomic E-state index is -3.37. The van der Waals surface area contributed by atoms with Crippen LogP contribution in [0, 0.1) is 0 Å². The summed E-state index contributed by atoms with van der Waals surface area (Å²) in [5.74, 6) is -0.685.